The summed E-state index contributed by atoms with van der Waals surface area (Å²) in [6, 6.07) is 14.7. The van der Waals surface area contributed by atoms with Gasteiger partial charge in [0.2, 0.25) is 0 Å². The number of aromatic nitrogens is 1. The number of thiol groups is 1. The summed E-state index contributed by atoms with van der Waals surface area (Å²) in [7, 11) is 0. The Morgan fingerprint density at radius 3 is 2.62 bits per heavy atom. The minimum Gasteiger partial charge on any atom is -0.371 e. The smallest absolute Gasteiger partial charge is 0.332 e. The van der Waals surface area contributed by atoms with Gasteiger partial charge in [-0.3, -0.25) is 4.98 Å². The van der Waals surface area contributed by atoms with E-state index in [4.69, 9.17) is 23.2 Å². The van der Waals surface area contributed by atoms with E-state index in [1.54, 1.807) is 24.3 Å². The summed E-state index contributed by atoms with van der Waals surface area (Å²) in [6.45, 7) is 1.69. The standard InChI is InChI=1S/C21H20Cl2N4OS/c22-14-2-1-3-17(12-14)27(29)21(28)25-16-7-10-26(11-8-16)20-6-9-24-19-13-15(23)4-5-18(19)20/h1-6,9,12-13,16,29H,7-8,10-11H2,(H,25,28). The van der Waals surface area contributed by atoms with Gasteiger partial charge in [-0.05, 0) is 55.3 Å². The maximum Gasteiger partial charge on any atom is 0.332 e. The second-order valence-electron chi connectivity index (χ2n) is 6.99. The van der Waals surface area contributed by atoms with Crippen molar-refractivity contribution in [1.29, 1.82) is 0 Å². The number of rotatable bonds is 3. The molecule has 1 aliphatic rings. The summed E-state index contributed by atoms with van der Waals surface area (Å²) >= 11 is 16.4. The van der Waals surface area contributed by atoms with Crippen LogP contribution in [0.5, 0.6) is 0 Å². The van der Waals surface area contributed by atoms with Crippen LogP contribution in [0.2, 0.25) is 10.0 Å². The lowest BCUT2D eigenvalue weighted by molar-refractivity contribution is 0.243. The Balaban J connectivity index is 1.39. The molecule has 0 atom stereocenters. The van der Waals surface area contributed by atoms with Gasteiger partial charge in [0.1, 0.15) is 0 Å². The first kappa shape index (κ1) is 20.1. The van der Waals surface area contributed by atoms with Gasteiger partial charge in [-0.15, -0.1) is 0 Å². The van der Waals surface area contributed by atoms with Crippen molar-refractivity contribution in [3.05, 3.63) is 64.8 Å². The molecule has 1 aliphatic heterocycles. The first-order valence-corrected chi connectivity index (χ1v) is 10.5. The normalized spacial score (nSPS) is 14.8. The van der Waals surface area contributed by atoms with Crippen molar-refractivity contribution >= 4 is 64.3 Å². The van der Waals surface area contributed by atoms with Crippen LogP contribution in [0.4, 0.5) is 16.2 Å². The van der Waals surface area contributed by atoms with E-state index in [1.807, 2.05) is 30.5 Å². The third-order valence-electron chi connectivity index (χ3n) is 5.09. The highest BCUT2D eigenvalue weighted by Gasteiger charge is 2.24. The number of fused-ring (bicyclic) bond motifs is 1. The van der Waals surface area contributed by atoms with Gasteiger partial charge >= 0.3 is 6.03 Å². The fourth-order valence-electron chi connectivity index (χ4n) is 3.61. The Labute approximate surface area is 185 Å². The number of anilines is 2. The largest absolute Gasteiger partial charge is 0.371 e. The van der Waals surface area contributed by atoms with Crippen LogP contribution < -0.4 is 14.5 Å². The van der Waals surface area contributed by atoms with E-state index in [0.717, 1.165) is 42.5 Å². The second-order valence-corrected chi connectivity index (χ2v) is 8.27. The third kappa shape index (κ3) is 4.55. The van der Waals surface area contributed by atoms with Gasteiger partial charge in [0.05, 0.1) is 11.2 Å². The molecule has 0 radical (unpaired) electrons. The van der Waals surface area contributed by atoms with Crippen LogP contribution in [0, 0.1) is 0 Å². The van der Waals surface area contributed by atoms with Crippen LogP contribution in [-0.4, -0.2) is 30.1 Å². The number of urea groups is 1. The fraction of sp³-hybridized carbons (Fsp3) is 0.238. The van der Waals surface area contributed by atoms with Crippen molar-refractivity contribution in [2.24, 2.45) is 0 Å². The summed E-state index contributed by atoms with van der Waals surface area (Å²) in [5.41, 5.74) is 2.67. The lowest BCUT2D eigenvalue weighted by Crippen LogP contribution is -2.47. The van der Waals surface area contributed by atoms with Crippen LogP contribution in [0.1, 0.15) is 12.8 Å². The summed E-state index contributed by atoms with van der Waals surface area (Å²) in [5, 5.41) is 5.39. The van der Waals surface area contributed by atoms with Crippen LogP contribution >= 0.6 is 36.0 Å². The minimum atomic E-state index is -0.252. The Morgan fingerprint density at radius 2 is 1.86 bits per heavy atom. The van der Waals surface area contributed by atoms with E-state index < -0.39 is 0 Å². The van der Waals surface area contributed by atoms with Crippen LogP contribution in [0.25, 0.3) is 10.9 Å². The zero-order valence-electron chi connectivity index (χ0n) is 15.6. The van der Waals surface area contributed by atoms with E-state index in [1.165, 1.54) is 4.31 Å². The Hall–Kier alpha value is -2.15. The molecule has 29 heavy (non-hydrogen) atoms. The van der Waals surface area contributed by atoms with Crippen molar-refractivity contribution in [2.45, 2.75) is 18.9 Å². The van der Waals surface area contributed by atoms with Gasteiger partial charge < -0.3 is 10.2 Å². The molecule has 8 heteroatoms. The molecule has 4 rings (SSSR count). The van der Waals surface area contributed by atoms with E-state index in [2.05, 4.69) is 28.0 Å². The lowest BCUT2D eigenvalue weighted by Gasteiger charge is -2.35. The number of carbonyl (C=O) groups is 1. The topological polar surface area (TPSA) is 48.5 Å². The fourth-order valence-corrected chi connectivity index (χ4v) is 4.14. The van der Waals surface area contributed by atoms with E-state index >= 15 is 0 Å². The molecule has 5 nitrogen and oxygen atoms in total. The SMILES string of the molecule is O=C(NC1CCN(c2ccnc3cc(Cl)ccc23)CC1)N(S)c1cccc(Cl)c1. The molecular formula is C21H20Cl2N4OS. The zero-order chi connectivity index (χ0) is 20.4. The van der Waals surface area contributed by atoms with Gasteiger partial charge in [0.15, 0.2) is 0 Å². The van der Waals surface area contributed by atoms with Crippen LogP contribution in [0.15, 0.2) is 54.7 Å². The van der Waals surface area contributed by atoms with Crippen molar-refractivity contribution in [3.63, 3.8) is 0 Å². The number of pyridine rings is 1. The first-order chi connectivity index (χ1) is 14.0. The molecule has 2 heterocycles. The van der Waals surface area contributed by atoms with E-state index in [-0.39, 0.29) is 12.1 Å². The Morgan fingerprint density at radius 1 is 1.10 bits per heavy atom. The first-order valence-electron chi connectivity index (χ1n) is 9.35. The second kappa shape index (κ2) is 8.69. The maximum absolute atomic E-state index is 12.5. The molecule has 2 aromatic carbocycles. The minimum absolute atomic E-state index is 0.0927. The highest BCUT2D eigenvalue weighted by atomic mass is 35.5. The van der Waals surface area contributed by atoms with Crippen LogP contribution in [0.3, 0.4) is 0 Å². The number of nitrogens with one attached hydrogen (secondary N) is 1. The lowest BCUT2D eigenvalue weighted by atomic mass is 10.0. The zero-order valence-corrected chi connectivity index (χ0v) is 18.0. The molecule has 0 saturated carbocycles. The monoisotopic (exact) mass is 446 g/mol. The molecule has 1 N–H and O–H groups in total. The van der Waals surface area contributed by atoms with E-state index in [9.17, 15) is 4.79 Å². The predicted molar refractivity (Wildman–Crippen MR) is 123 cm³/mol. The molecule has 1 fully saturated rings. The molecule has 0 unspecified atom stereocenters. The van der Waals surface area contributed by atoms with Crippen molar-refractivity contribution in [2.75, 3.05) is 22.3 Å². The highest BCUT2D eigenvalue weighted by molar-refractivity contribution is 7.82. The van der Waals surface area contributed by atoms with Crippen molar-refractivity contribution in [1.82, 2.24) is 10.3 Å². The maximum atomic E-state index is 12.5. The van der Waals surface area contributed by atoms with Gasteiger partial charge in [-0.2, -0.15) is 0 Å². The number of hydrogen-bond acceptors (Lipinski definition) is 4. The highest BCUT2D eigenvalue weighted by Crippen LogP contribution is 2.29. The average molecular weight is 447 g/mol. The Bertz CT molecular complexity index is 1040. The average Bonchev–Trinajstić information content (AvgIpc) is 2.73. The number of benzene rings is 2. The quantitative estimate of drug-likeness (QED) is 0.516. The molecule has 1 saturated heterocycles. The molecule has 2 amide bonds. The number of hydrogen-bond donors (Lipinski definition) is 2. The van der Waals surface area contributed by atoms with Crippen molar-refractivity contribution in [3.8, 4) is 0 Å². The number of halogens is 2. The number of carbonyl (C=O) groups excluding carboxylic acids is 1. The molecule has 150 valence electrons. The summed E-state index contributed by atoms with van der Waals surface area (Å²) < 4.78 is 1.29. The molecule has 1 aromatic heterocycles. The summed E-state index contributed by atoms with van der Waals surface area (Å²) in [6.07, 6.45) is 3.51. The van der Waals surface area contributed by atoms with E-state index in [0.29, 0.717) is 15.7 Å². The molecule has 3 aromatic rings. The molecule has 0 spiro atoms. The third-order valence-corrected chi connectivity index (χ3v) is 5.97. The number of amides is 2. The summed E-state index contributed by atoms with van der Waals surface area (Å²) in [5.74, 6) is 0. The van der Waals surface area contributed by atoms with Crippen LogP contribution in [-0.2, 0) is 0 Å². The molecular weight excluding hydrogens is 427 g/mol. The predicted octanol–water partition coefficient (Wildman–Crippen LogP) is 5.57. The number of piperidine rings is 1. The van der Waals surface area contributed by atoms with Crippen molar-refractivity contribution < 1.29 is 4.79 Å². The molecule has 0 bridgehead atoms. The molecule has 0 aliphatic carbocycles. The Kier molecular flexibility index (Phi) is 6.04. The number of nitrogens with zero attached hydrogens (tertiary/aromatic N) is 3. The van der Waals surface area contributed by atoms with Gasteiger partial charge in [0, 0.05) is 46.4 Å². The van der Waals surface area contributed by atoms with Gasteiger partial charge in [0.25, 0.3) is 0 Å². The van der Waals surface area contributed by atoms with Gasteiger partial charge in [-0.1, -0.05) is 42.1 Å². The van der Waals surface area contributed by atoms with Gasteiger partial charge in [-0.25, -0.2) is 9.10 Å². The summed E-state index contributed by atoms with van der Waals surface area (Å²) in [4.78, 5) is 19.3.